The number of hydrogen-bond donors (Lipinski definition) is 0. The summed E-state index contributed by atoms with van der Waals surface area (Å²) in [4.78, 5) is 5.22. The van der Waals surface area contributed by atoms with Crippen LogP contribution in [-0.4, -0.2) is 41.5 Å². The first-order chi connectivity index (χ1) is 9.83. The summed E-state index contributed by atoms with van der Waals surface area (Å²) < 4.78 is 0. The minimum atomic E-state index is 0.575. The Balaban J connectivity index is 1.67. The van der Waals surface area contributed by atoms with Crippen LogP contribution in [0.25, 0.3) is 0 Å². The van der Waals surface area contributed by atoms with Crippen LogP contribution in [0.5, 0.6) is 0 Å². The van der Waals surface area contributed by atoms with Gasteiger partial charge >= 0.3 is 0 Å². The van der Waals surface area contributed by atoms with Gasteiger partial charge in [-0.1, -0.05) is 29.9 Å². The van der Waals surface area contributed by atoms with E-state index in [-0.39, 0.29) is 0 Å². The van der Waals surface area contributed by atoms with Gasteiger partial charge in [-0.05, 0) is 51.6 Å². The molecule has 0 N–H and O–H groups in total. The molecule has 0 aromatic rings. The lowest BCUT2D eigenvalue weighted by Crippen LogP contribution is -2.39. The summed E-state index contributed by atoms with van der Waals surface area (Å²) in [5.74, 6) is 0. The van der Waals surface area contributed by atoms with Gasteiger partial charge in [0.25, 0.3) is 0 Å². The molecule has 1 heterocycles. The van der Waals surface area contributed by atoms with Crippen molar-refractivity contribution in [3.05, 3.63) is 36.1 Å². The molecule has 0 aromatic heterocycles. The molecule has 1 unspecified atom stereocenters. The Labute approximate surface area is 123 Å². The molecule has 0 aromatic carbocycles. The van der Waals surface area contributed by atoms with Crippen LogP contribution in [0.1, 0.15) is 45.4 Å². The van der Waals surface area contributed by atoms with E-state index in [0.29, 0.717) is 6.04 Å². The Morgan fingerprint density at radius 3 is 2.65 bits per heavy atom. The molecule has 2 fully saturated rings. The third-order valence-electron chi connectivity index (χ3n) is 4.77. The second-order valence-electron chi connectivity index (χ2n) is 6.51. The van der Waals surface area contributed by atoms with Gasteiger partial charge in [-0.15, -0.1) is 0 Å². The Kier molecular flexibility index (Phi) is 4.62. The van der Waals surface area contributed by atoms with Crippen LogP contribution in [0.15, 0.2) is 36.1 Å². The van der Waals surface area contributed by atoms with Crippen LogP contribution in [0.2, 0.25) is 0 Å². The fraction of sp³-hybridized carbons (Fsp3) is 0.667. The predicted molar refractivity (Wildman–Crippen MR) is 85.6 cm³/mol. The highest BCUT2D eigenvalue weighted by Gasteiger charge is 2.31. The maximum Gasteiger partial charge on any atom is 0.0357 e. The van der Waals surface area contributed by atoms with Crippen molar-refractivity contribution >= 4 is 0 Å². The average molecular weight is 272 g/mol. The van der Waals surface area contributed by atoms with Gasteiger partial charge in [-0.2, -0.15) is 0 Å². The Morgan fingerprint density at radius 1 is 1.10 bits per heavy atom. The maximum atomic E-state index is 2.69. The highest BCUT2D eigenvalue weighted by molar-refractivity contribution is 5.11. The van der Waals surface area contributed by atoms with Crippen molar-refractivity contribution in [1.82, 2.24) is 9.80 Å². The molecule has 0 bridgehead atoms. The highest BCUT2D eigenvalue weighted by atomic mass is 15.2. The first kappa shape index (κ1) is 13.9. The van der Waals surface area contributed by atoms with Gasteiger partial charge < -0.3 is 4.90 Å². The van der Waals surface area contributed by atoms with E-state index in [1.165, 1.54) is 51.6 Å². The van der Waals surface area contributed by atoms with Gasteiger partial charge in [0.15, 0.2) is 0 Å². The first-order valence-corrected chi connectivity index (χ1v) is 8.35. The van der Waals surface area contributed by atoms with Gasteiger partial charge in [0.1, 0.15) is 0 Å². The smallest absolute Gasteiger partial charge is 0.0357 e. The summed E-state index contributed by atoms with van der Waals surface area (Å²) in [7, 11) is 0. The SMILES string of the molecule is CC1C=CC=CCN(C=C2CCCC2)CCN1C1CC1. The van der Waals surface area contributed by atoms with E-state index >= 15 is 0 Å². The van der Waals surface area contributed by atoms with Crippen molar-refractivity contribution in [2.24, 2.45) is 0 Å². The molecular weight excluding hydrogens is 244 g/mol. The van der Waals surface area contributed by atoms with Crippen molar-refractivity contribution in [1.29, 1.82) is 0 Å². The van der Waals surface area contributed by atoms with Gasteiger partial charge in [-0.25, -0.2) is 0 Å². The molecule has 0 saturated heterocycles. The summed E-state index contributed by atoms with van der Waals surface area (Å²) in [5.41, 5.74) is 1.66. The normalized spacial score (nSPS) is 28.9. The van der Waals surface area contributed by atoms with Crippen LogP contribution >= 0.6 is 0 Å². The average Bonchev–Trinajstić information content (AvgIpc) is 3.15. The lowest BCUT2D eigenvalue weighted by atomic mass is 10.2. The minimum Gasteiger partial charge on any atom is -0.372 e. The van der Waals surface area contributed by atoms with E-state index < -0.39 is 0 Å². The molecule has 3 aliphatic rings. The zero-order valence-corrected chi connectivity index (χ0v) is 12.8. The van der Waals surface area contributed by atoms with Crippen LogP contribution in [0.3, 0.4) is 0 Å². The van der Waals surface area contributed by atoms with Crippen LogP contribution in [0.4, 0.5) is 0 Å². The van der Waals surface area contributed by atoms with E-state index in [2.05, 4.69) is 47.2 Å². The van der Waals surface area contributed by atoms with E-state index in [0.717, 1.165) is 12.6 Å². The Morgan fingerprint density at radius 2 is 1.90 bits per heavy atom. The Bertz CT molecular complexity index is 396. The molecule has 0 amide bonds. The molecule has 0 spiro atoms. The number of rotatable bonds is 2. The summed E-state index contributed by atoms with van der Waals surface area (Å²) >= 11 is 0. The molecule has 2 saturated carbocycles. The summed E-state index contributed by atoms with van der Waals surface area (Å²) in [5, 5.41) is 0. The summed E-state index contributed by atoms with van der Waals surface area (Å²) in [6.07, 6.45) is 19.8. The van der Waals surface area contributed by atoms with E-state index in [9.17, 15) is 0 Å². The lowest BCUT2D eigenvalue weighted by molar-refractivity contribution is 0.206. The standard InChI is InChI=1S/C18H28N2/c1-16-7-3-2-6-12-19(15-17-8-4-5-9-17)13-14-20(16)18-10-11-18/h2-3,6-7,15-16,18H,4-5,8-14H2,1H3. The molecule has 3 rings (SSSR count). The van der Waals surface area contributed by atoms with Crippen molar-refractivity contribution in [2.45, 2.75) is 57.5 Å². The molecule has 2 nitrogen and oxygen atoms in total. The second kappa shape index (κ2) is 6.62. The maximum absolute atomic E-state index is 2.69. The zero-order valence-electron chi connectivity index (χ0n) is 12.8. The molecule has 110 valence electrons. The fourth-order valence-corrected chi connectivity index (χ4v) is 3.40. The van der Waals surface area contributed by atoms with E-state index in [1.54, 1.807) is 5.57 Å². The van der Waals surface area contributed by atoms with E-state index in [1.807, 2.05) is 0 Å². The van der Waals surface area contributed by atoms with Gasteiger partial charge in [-0.3, -0.25) is 4.90 Å². The monoisotopic (exact) mass is 272 g/mol. The van der Waals surface area contributed by atoms with Crippen molar-refractivity contribution in [3.8, 4) is 0 Å². The zero-order chi connectivity index (χ0) is 13.8. The van der Waals surface area contributed by atoms with Crippen LogP contribution < -0.4 is 0 Å². The predicted octanol–water partition coefficient (Wildman–Crippen LogP) is 3.73. The first-order valence-electron chi connectivity index (χ1n) is 8.35. The van der Waals surface area contributed by atoms with Crippen molar-refractivity contribution < 1.29 is 0 Å². The lowest BCUT2D eigenvalue weighted by Gasteiger charge is -2.30. The van der Waals surface area contributed by atoms with Crippen LogP contribution in [0, 0.1) is 0 Å². The van der Waals surface area contributed by atoms with Crippen molar-refractivity contribution in [3.63, 3.8) is 0 Å². The summed E-state index contributed by atoms with van der Waals surface area (Å²) in [6.45, 7) is 5.76. The second-order valence-corrected chi connectivity index (χ2v) is 6.51. The molecule has 1 aliphatic heterocycles. The molecule has 20 heavy (non-hydrogen) atoms. The highest BCUT2D eigenvalue weighted by Crippen LogP contribution is 2.29. The number of allylic oxidation sites excluding steroid dienone is 3. The van der Waals surface area contributed by atoms with Crippen molar-refractivity contribution in [2.75, 3.05) is 19.6 Å². The van der Waals surface area contributed by atoms with Gasteiger partial charge in [0.2, 0.25) is 0 Å². The van der Waals surface area contributed by atoms with Gasteiger partial charge in [0.05, 0.1) is 0 Å². The topological polar surface area (TPSA) is 6.48 Å². The summed E-state index contributed by atoms with van der Waals surface area (Å²) in [6, 6.07) is 1.42. The van der Waals surface area contributed by atoms with Gasteiger partial charge in [0, 0.05) is 31.7 Å². The third kappa shape index (κ3) is 3.76. The molecule has 2 heteroatoms. The molecular formula is C18H28N2. The minimum absolute atomic E-state index is 0.575. The quantitative estimate of drug-likeness (QED) is 0.756. The largest absolute Gasteiger partial charge is 0.372 e. The van der Waals surface area contributed by atoms with E-state index in [4.69, 9.17) is 0 Å². The number of nitrogens with zero attached hydrogens (tertiary/aromatic N) is 2. The fourth-order valence-electron chi connectivity index (χ4n) is 3.40. The van der Waals surface area contributed by atoms with Crippen LogP contribution in [-0.2, 0) is 0 Å². The number of hydrogen-bond acceptors (Lipinski definition) is 2. The third-order valence-corrected chi connectivity index (χ3v) is 4.77. The molecule has 1 atom stereocenters. The molecule has 0 radical (unpaired) electrons. The molecule has 2 aliphatic carbocycles. The Hall–Kier alpha value is -1.02.